The van der Waals surface area contributed by atoms with E-state index in [-0.39, 0.29) is 17.3 Å². The first-order chi connectivity index (χ1) is 9.25. The quantitative estimate of drug-likeness (QED) is 0.609. The van der Waals surface area contributed by atoms with Gasteiger partial charge < -0.3 is 4.42 Å². The maximum absolute atomic E-state index is 12.4. The molecular weight excluding hydrogens is 240 g/mol. The molecule has 1 saturated carbocycles. The van der Waals surface area contributed by atoms with E-state index in [0.29, 0.717) is 5.58 Å². The van der Waals surface area contributed by atoms with Crippen LogP contribution in [-0.2, 0) is 0 Å². The van der Waals surface area contributed by atoms with Gasteiger partial charge in [-0.15, -0.1) is 0 Å². The Labute approximate surface area is 111 Å². The summed E-state index contributed by atoms with van der Waals surface area (Å²) in [7, 11) is 0. The number of fused-ring (bicyclic) bond motifs is 1. The van der Waals surface area contributed by atoms with E-state index in [1.807, 2.05) is 18.2 Å². The minimum atomic E-state index is -0.505. The van der Waals surface area contributed by atoms with Crippen molar-refractivity contribution in [3.63, 3.8) is 0 Å². The number of carbonyl (C=O) groups excluding carboxylic acids is 1. The average molecular weight is 256 g/mol. The molecular formula is C16H16O3. The number of rotatable bonds is 2. The van der Waals surface area contributed by atoms with Crippen LogP contribution in [0.5, 0.6) is 0 Å². The van der Waals surface area contributed by atoms with Gasteiger partial charge in [0.1, 0.15) is 11.1 Å². The van der Waals surface area contributed by atoms with Gasteiger partial charge in [0.05, 0.1) is 0 Å². The summed E-state index contributed by atoms with van der Waals surface area (Å²) < 4.78 is 5.23. The van der Waals surface area contributed by atoms with Gasteiger partial charge in [-0.05, 0) is 25.0 Å². The van der Waals surface area contributed by atoms with Crippen molar-refractivity contribution in [1.29, 1.82) is 0 Å². The molecule has 0 atom stereocenters. The van der Waals surface area contributed by atoms with Gasteiger partial charge in [0, 0.05) is 11.3 Å². The van der Waals surface area contributed by atoms with Crippen molar-refractivity contribution in [3.8, 4) is 0 Å². The molecule has 0 N–H and O–H groups in total. The standard InChI is InChI=1S/C16H16O3/c17-15(11-6-2-1-3-7-11)13-10-12-8-4-5-9-14(12)19-16(13)18/h4-5,8-11H,1-3,6-7H2. The fourth-order valence-electron chi connectivity index (χ4n) is 2.82. The van der Waals surface area contributed by atoms with Crippen LogP contribution in [0.3, 0.4) is 0 Å². The lowest BCUT2D eigenvalue weighted by Gasteiger charge is -2.19. The first-order valence-electron chi connectivity index (χ1n) is 6.83. The maximum atomic E-state index is 12.4. The molecule has 0 bridgehead atoms. The van der Waals surface area contributed by atoms with E-state index < -0.39 is 5.63 Å². The van der Waals surface area contributed by atoms with E-state index in [2.05, 4.69) is 0 Å². The fourth-order valence-corrected chi connectivity index (χ4v) is 2.82. The molecule has 0 unspecified atom stereocenters. The summed E-state index contributed by atoms with van der Waals surface area (Å²) in [6, 6.07) is 8.96. The van der Waals surface area contributed by atoms with Gasteiger partial charge >= 0.3 is 5.63 Å². The molecule has 19 heavy (non-hydrogen) atoms. The van der Waals surface area contributed by atoms with Crippen LogP contribution in [0.15, 0.2) is 39.5 Å². The monoisotopic (exact) mass is 256 g/mol. The summed E-state index contributed by atoms with van der Waals surface area (Å²) in [6.45, 7) is 0. The summed E-state index contributed by atoms with van der Waals surface area (Å²) in [6.07, 6.45) is 5.14. The SMILES string of the molecule is O=C(c1cc2ccccc2oc1=O)C1CCCCC1. The van der Waals surface area contributed by atoms with E-state index in [1.54, 1.807) is 12.1 Å². The van der Waals surface area contributed by atoms with E-state index >= 15 is 0 Å². The van der Waals surface area contributed by atoms with Crippen LogP contribution in [0, 0.1) is 5.92 Å². The van der Waals surface area contributed by atoms with Gasteiger partial charge in [0.2, 0.25) is 0 Å². The molecule has 1 aromatic heterocycles. The minimum absolute atomic E-state index is 0.00203. The van der Waals surface area contributed by atoms with Crippen molar-refractivity contribution in [3.05, 3.63) is 46.3 Å². The molecule has 98 valence electrons. The summed E-state index contributed by atoms with van der Waals surface area (Å²) in [5.74, 6) is -0.0444. The van der Waals surface area contributed by atoms with Crippen LogP contribution in [-0.4, -0.2) is 5.78 Å². The summed E-state index contributed by atoms with van der Waals surface area (Å²) in [5, 5.41) is 0.807. The number of hydrogen-bond donors (Lipinski definition) is 0. The Bertz CT molecular complexity index is 663. The van der Waals surface area contributed by atoms with Crippen LogP contribution >= 0.6 is 0 Å². The number of hydrogen-bond acceptors (Lipinski definition) is 3. The van der Waals surface area contributed by atoms with E-state index in [1.165, 1.54) is 6.42 Å². The van der Waals surface area contributed by atoms with Crippen molar-refractivity contribution in [2.75, 3.05) is 0 Å². The van der Waals surface area contributed by atoms with Gasteiger partial charge in [0.15, 0.2) is 5.78 Å². The van der Waals surface area contributed by atoms with Crippen molar-refractivity contribution in [2.45, 2.75) is 32.1 Å². The van der Waals surface area contributed by atoms with E-state index in [0.717, 1.165) is 31.1 Å². The maximum Gasteiger partial charge on any atom is 0.347 e. The third-order valence-corrected chi connectivity index (χ3v) is 3.88. The zero-order valence-electron chi connectivity index (χ0n) is 10.7. The molecule has 0 radical (unpaired) electrons. The molecule has 0 spiro atoms. The third kappa shape index (κ3) is 2.33. The Balaban J connectivity index is 2.01. The third-order valence-electron chi connectivity index (χ3n) is 3.88. The zero-order chi connectivity index (χ0) is 13.2. The number of carbonyl (C=O) groups is 1. The van der Waals surface area contributed by atoms with Gasteiger partial charge in [-0.1, -0.05) is 37.5 Å². The number of para-hydroxylation sites is 1. The summed E-state index contributed by atoms with van der Waals surface area (Å²) in [4.78, 5) is 24.3. The second kappa shape index (κ2) is 5.00. The Morgan fingerprint density at radius 2 is 1.84 bits per heavy atom. The second-order valence-electron chi connectivity index (χ2n) is 5.18. The highest BCUT2D eigenvalue weighted by atomic mass is 16.4. The topological polar surface area (TPSA) is 47.3 Å². The average Bonchev–Trinajstić information content (AvgIpc) is 2.47. The van der Waals surface area contributed by atoms with Gasteiger partial charge in [-0.25, -0.2) is 4.79 Å². The molecule has 1 aliphatic carbocycles. The molecule has 0 aliphatic heterocycles. The molecule has 0 saturated heterocycles. The smallest absolute Gasteiger partial charge is 0.347 e. The Morgan fingerprint density at radius 3 is 2.63 bits per heavy atom. The van der Waals surface area contributed by atoms with Crippen LogP contribution in [0.2, 0.25) is 0 Å². The van der Waals surface area contributed by atoms with Crippen LogP contribution in [0.1, 0.15) is 42.5 Å². The molecule has 3 rings (SSSR count). The Hall–Kier alpha value is -1.90. The lowest BCUT2D eigenvalue weighted by molar-refractivity contribution is 0.0886. The summed E-state index contributed by atoms with van der Waals surface area (Å²) in [5.41, 5.74) is 0.243. The number of ketones is 1. The Kier molecular flexibility index (Phi) is 3.20. The Morgan fingerprint density at radius 1 is 1.11 bits per heavy atom. The van der Waals surface area contributed by atoms with Crippen molar-refractivity contribution < 1.29 is 9.21 Å². The van der Waals surface area contributed by atoms with Crippen molar-refractivity contribution in [1.82, 2.24) is 0 Å². The molecule has 2 aromatic rings. The molecule has 1 heterocycles. The zero-order valence-corrected chi connectivity index (χ0v) is 10.7. The molecule has 3 heteroatoms. The first kappa shape index (κ1) is 12.2. The highest BCUT2D eigenvalue weighted by Gasteiger charge is 2.25. The lowest BCUT2D eigenvalue weighted by Crippen LogP contribution is -2.23. The van der Waals surface area contributed by atoms with Crippen LogP contribution < -0.4 is 5.63 Å². The lowest BCUT2D eigenvalue weighted by atomic mass is 9.84. The number of benzene rings is 1. The fraction of sp³-hybridized carbons (Fsp3) is 0.375. The minimum Gasteiger partial charge on any atom is -0.422 e. The molecule has 1 aromatic carbocycles. The van der Waals surface area contributed by atoms with Gasteiger partial charge in [-0.2, -0.15) is 0 Å². The molecule has 3 nitrogen and oxygen atoms in total. The number of Topliss-reactive ketones (excluding diaryl/α,β-unsaturated/α-hetero) is 1. The van der Waals surface area contributed by atoms with Gasteiger partial charge in [-0.3, -0.25) is 4.79 Å². The molecule has 1 aliphatic rings. The van der Waals surface area contributed by atoms with Gasteiger partial charge in [0.25, 0.3) is 0 Å². The van der Waals surface area contributed by atoms with E-state index in [9.17, 15) is 9.59 Å². The largest absolute Gasteiger partial charge is 0.422 e. The predicted octanol–water partition coefficient (Wildman–Crippen LogP) is 3.56. The second-order valence-corrected chi connectivity index (χ2v) is 5.18. The molecule has 0 amide bonds. The first-order valence-corrected chi connectivity index (χ1v) is 6.83. The predicted molar refractivity (Wildman–Crippen MR) is 73.4 cm³/mol. The van der Waals surface area contributed by atoms with E-state index in [4.69, 9.17) is 4.42 Å². The molecule has 1 fully saturated rings. The highest BCUT2D eigenvalue weighted by Crippen LogP contribution is 2.26. The van der Waals surface area contributed by atoms with Crippen LogP contribution in [0.25, 0.3) is 11.0 Å². The van der Waals surface area contributed by atoms with Crippen molar-refractivity contribution in [2.24, 2.45) is 5.92 Å². The van der Waals surface area contributed by atoms with Crippen LogP contribution in [0.4, 0.5) is 0 Å². The normalized spacial score (nSPS) is 16.6. The summed E-state index contributed by atoms with van der Waals surface area (Å²) >= 11 is 0. The highest BCUT2D eigenvalue weighted by molar-refractivity contribution is 5.99. The van der Waals surface area contributed by atoms with Crippen molar-refractivity contribution >= 4 is 16.8 Å².